The molecule has 0 aliphatic carbocycles. The van der Waals surface area contributed by atoms with Crippen LogP contribution < -0.4 is 16.6 Å². The molecule has 0 saturated carbocycles. The highest BCUT2D eigenvalue weighted by Crippen LogP contribution is 2.08. The van der Waals surface area contributed by atoms with Gasteiger partial charge in [-0.15, -0.1) is 0 Å². The highest BCUT2D eigenvalue weighted by atomic mass is 32.1. The topological polar surface area (TPSA) is 53.3 Å². The van der Waals surface area contributed by atoms with Crippen molar-refractivity contribution in [3.63, 3.8) is 0 Å². The number of nitrogens with zero attached hydrogens (tertiary/aromatic N) is 1. The van der Waals surface area contributed by atoms with Gasteiger partial charge in [0.05, 0.1) is 0 Å². The molecule has 76 valence electrons. The molecule has 1 aliphatic heterocycles. The molecule has 0 amide bonds. The molecule has 0 bridgehead atoms. The molecule has 1 fully saturated rings. The van der Waals surface area contributed by atoms with Crippen LogP contribution in [0, 0.1) is 0 Å². The van der Waals surface area contributed by atoms with Gasteiger partial charge < -0.3 is 15.6 Å². The molecule has 0 radical (unpaired) electrons. The van der Waals surface area contributed by atoms with Gasteiger partial charge in [0.15, 0.2) is 5.11 Å². The van der Waals surface area contributed by atoms with Crippen molar-refractivity contribution in [3.05, 3.63) is 0 Å². The molecule has 0 aromatic rings. The van der Waals surface area contributed by atoms with E-state index >= 15 is 0 Å². The van der Waals surface area contributed by atoms with Crippen LogP contribution in [0.1, 0.15) is 19.8 Å². The molecule has 4 N–H and O–H groups in total. The van der Waals surface area contributed by atoms with Crippen LogP contribution in [0.4, 0.5) is 0 Å². The van der Waals surface area contributed by atoms with Gasteiger partial charge in [-0.3, -0.25) is 0 Å². The molecule has 4 nitrogen and oxygen atoms in total. The number of nitrogens with one attached hydrogen (secondary N) is 2. The predicted molar refractivity (Wildman–Crippen MR) is 58.2 cm³/mol. The van der Waals surface area contributed by atoms with Gasteiger partial charge in [-0.2, -0.15) is 0 Å². The maximum absolute atomic E-state index is 5.18. The summed E-state index contributed by atoms with van der Waals surface area (Å²) in [4.78, 5) is 2.44. The highest BCUT2D eigenvalue weighted by Gasteiger charge is 2.21. The van der Waals surface area contributed by atoms with E-state index in [9.17, 15) is 0 Å². The summed E-state index contributed by atoms with van der Waals surface area (Å²) in [6.07, 6.45) is 2.37. The van der Waals surface area contributed by atoms with Gasteiger partial charge in [-0.05, 0) is 31.6 Å². The molecule has 0 aromatic heterocycles. The zero-order chi connectivity index (χ0) is 9.68. The van der Waals surface area contributed by atoms with Crippen molar-refractivity contribution in [2.45, 2.75) is 25.8 Å². The minimum atomic E-state index is 0.468. The quantitative estimate of drug-likeness (QED) is 0.336. The van der Waals surface area contributed by atoms with Crippen LogP contribution in [0.2, 0.25) is 0 Å². The van der Waals surface area contributed by atoms with Crippen LogP contribution >= 0.6 is 12.2 Å². The summed E-state index contributed by atoms with van der Waals surface area (Å²) in [5.74, 6) is 5.18. The van der Waals surface area contributed by atoms with E-state index < -0.39 is 0 Å². The van der Waals surface area contributed by atoms with Crippen molar-refractivity contribution in [2.75, 3.05) is 19.6 Å². The minimum Gasteiger partial charge on any atom is -0.358 e. The number of likely N-dealkylation sites (tertiary alicyclic amines) is 1. The molecular weight excluding hydrogens is 184 g/mol. The number of thiocarbonyl (C=S) groups is 1. The van der Waals surface area contributed by atoms with Crippen LogP contribution in [0.15, 0.2) is 0 Å². The molecule has 1 unspecified atom stereocenters. The summed E-state index contributed by atoms with van der Waals surface area (Å²) >= 11 is 4.93. The smallest absolute Gasteiger partial charge is 0.180 e. The first kappa shape index (κ1) is 10.7. The van der Waals surface area contributed by atoms with Crippen LogP contribution in [0.25, 0.3) is 0 Å². The lowest BCUT2D eigenvalue weighted by Crippen LogP contribution is -2.45. The Bertz CT molecular complexity index is 174. The first-order valence-electron chi connectivity index (χ1n) is 4.75. The van der Waals surface area contributed by atoms with Gasteiger partial charge in [-0.25, -0.2) is 5.84 Å². The van der Waals surface area contributed by atoms with E-state index in [-0.39, 0.29) is 0 Å². The van der Waals surface area contributed by atoms with Gasteiger partial charge >= 0.3 is 0 Å². The third kappa shape index (κ3) is 3.46. The Hall–Kier alpha value is -0.390. The largest absolute Gasteiger partial charge is 0.358 e. The monoisotopic (exact) mass is 202 g/mol. The van der Waals surface area contributed by atoms with Crippen molar-refractivity contribution < 1.29 is 0 Å². The zero-order valence-corrected chi connectivity index (χ0v) is 8.86. The summed E-state index contributed by atoms with van der Waals surface area (Å²) in [5.41, 5.74) is 2.44. The Morgan fingerprint density at radius 2 is 2.46 bits per heavy atom. The first-order valence-corrected chi connectivity index (χ1v) is 5.16. The van der Waals surface area contributed by atoms with Crippen molar-refractivity contribution >= 4 is 17.3 Å². The fourth-order valence-corrected chi connectivity index (χ4v) is 1.86. The van der Waals surface area contributed by atoms with Crippen molar-refractivity contribution in [3.8, 4) is 0 Å². The van der Waals surface area contributed by atoms with E-state index in [1.54, 1.807) is 0 Å². The third-order valence-electron chi connectivity index (χ3n) is 2.28. The van der Waals surface area contributed by atoms with E-state index in [1.807, 2.05) is 0 Å². The summed E-state index contributed by atoms with van der Waals surface area (Å²) in [6.45, 7) is 5.63. The number of nitrogens with two attached hydrogens (primary N) is 1. The minimum absolute atomic E-state index is 0.468. The number of hydrazine groups is 1. The van der Waals surface area contributed by atoms with Crippen LogP contribution in [-0.2, 0) is 0 Å². The van der Waals surface area contributed by atoms with E-state index in [1.165, 1.54) is 19.5 Å². The van der Waals surface area contributed by atoms with Crippen molar-refractivity contribution in [1.82, 2.24) is 15.6 Å². The molecule has 1 heterocycles. The Kier molecular flexibility index (Phi) is 4.41. The van der Waals surface area contributed by atoms with Gasteiger partial charge in [-0.1, -0.05) is 6.92 Å². The summed E-state index contributed by atoms with van der Waals surface area (Å²) in [6, 6.07) is 0.468. The van der Waals surface area contributed by atoms with E-state index in [0.717, 1.165) is 13.0 Å². The van der Waals surface area contributed by atoms with Crippen LogP contribution in [0.3, 0.4) is 0 Å². The van der Waals surface area contributed by atoms with Crippen LogP contribution in [-0.4, -0.2) is 35.7 Å². The molecule has 0 aromatic carbocycles. The summed E-state index contributed by atoms with van der Waals surface area (Å²) in [7, 11) is 0. The highest BCUT2D eigenvalue weighted by molar-refractivity contribution is 7.80. The van der Waals surface area contributed by atoms with Gasteiger partial charge in [0.1, 0.15) is 0 Å². The molecule has 1 rings (SSSR count). The predicted octanol–water partition coefficient (Wildman–Crippen LogP) is -0.191. The standard InChI is InChI=1S/C8H18N4S/c1-2-4-12-5-3-7(6-12)10-8(13)11-9/h7H,2-6,9H2,1H3,(H2,10,11,13). The van der Waals surface area contributed by atoms with E-state index in [2.05, 4.69) is 22.6 Å². The first-order chi connectivity index (χ1) is 6.26. The third-order valence-corrected chi connectivity index (χ3v) is 2.51. The molecule has 1 aliphatic rings. The van der Waals surface area contributed by atoms with E-state index in [0.29, 0.717) is 11.2 Å². The molecular formula is C8H18N4S. The maximum atomic E-state index is 5.18. The SMILES string of the molecule is CCCN1CCC(NC(=S)NN)C1. The lowest BCUT2D eigenvalue weighted by molar-refractivity contribution is 0.332. The van der Waals surface area contributed by atoms with Gasteiger partial charge in [0.25, 0.3) is 0 Å². The second-order valence-electron chi connectivity index (χ2n) is 3.40. The summed E-state index contributed by atoms with van der Waals surface area (Å²) in [5, 5.41) is 3.72. The normalized spacial score (nSPS) is 23.1. The Labute approximate surface area is 84.8 Å². The summed E-state index contributed by atoms with van der Waals surface area (Å²) < 4.78 is 0. The Morgan fingerprint density at radius 3 is 3.08 bits per heavy atom. The second kappa shape index (κ2) is 5.36. The second-order valence-corrected chi connectivity index (χ2v) is 3.81. The van der Waals surface area contributed by atoms with Crippen LogP contribution in [0.5, 0.6) is 0 Å². The van der Waals surface area contributed by atoms with E-state index in [4.69, 9.17) is 18.1 Å². The van der Waals surface area contributed by atoms with Crippen molar-refractivity contribution in [1.29, 1.82) is 0 Å². The zero-order valence-electron chi connectivity index (χ0n) is 8.05. The molecule has 1 atom stereocenters. The fraction of sp³-hybridized carbons (Fsp3) is 0.875. The number of hydrogen-bond donors (Lipinski definition) is 3. The maximum Gasteiger partial charge on any atom is 0.180 e. The Balaban J connectivity index is 2.20. The van der Waals surface area contributed by atoms with Gasteiger partial charge in [0, 0.05) is 19.1 Å². The molecule has 5 heteroatoms. The lowest BCUT2D eigenvalue weighted by atomic mass is 10.3. The number of rotatable bonds is 3. The van der Waals surface area contributed by atoms with Gasteiger partial charge in [0.2, 0.25) is 0 Å². The molecule has 0 spiro atoms. The molecule has 13 heavy (non-hydrogen) atoms. The fourth-order valence-electron chi connectivity index (χ4n) is 1.70. The van der Waals surface area contributed by atoms with Crippen molar-refractivity contribution in [2.24, 2.45) is 5.84 Å². The average Bonchev–Trinajstić information content (AvgIpc) is 2.53. The Morgan fingerprint density at radius 1 is 1.69 bits per heavy atom. The average molecular weight is 202 g/mol. The number of hydrogen-bond acceptors (Lipinski definition) is 3. The lowest BCUT2D eigenvalue weighted by Gasteiger charge is -2.16. The molecule has 1 saturated heterocycles.